The maximum atomic E-state index is 11.8. The average Bonchev–Trinajstić information content (AvgIpc) is 2.45. The zero-order chi connectivity index (χ0) is 15.9. The molecule has 0 saturated heterocycles. The third-order valence-corrected chi connectivity index (χ3v) is 5.10. The molecule has 0 aliphatic heterocycles. The van der Waals surface area contributed by atoms with Crippen molar-refractivity contribution in [3.8, 4) is 0 Å². The van der Waals surface area contributed by atoms with Gasteiger partial charge in [0.1, 0.15) is 0 Å². The van der Waals surface area contributed by atoms with Gasteiger partial charge >= 0.3 is 11.9 Å². The van der Waals surface area contributed by atoms with Crippen molar-refractivity contribution >= 4 is 22.0 Å². The first kappa shape index (κ1) is 17.9. The van der Waals surface area contributed by atoms with Gasteiger partial charge in [-0.15, -0.1) is 0 Å². The second kappa shape index (κ2) is 7.74. The first-order valence-electron chi connectivity index (χ1n) is 7.18. The lowest BCUT2D eigenvalue weighted by molar-refractivity contribution is -0.150. The van der Waals surface area contributed by atoms with E-state index in [9.17, 15) is 23.1 Å². The van der Waals surface area contributed by atoms with Crippen LogP contribution in [0.3, 0.4) is 0 Å². The van der Waals surface area contributed by atoms with Crippen molar-refractivity contribution in [2.24, 2.45) is 5.41 Å². The van der Waals surface area contributed by atoms with Gasteiger partial charge in [-0.05, 0) is 19.8 Å². The summed E-state index contributed by atoms with van der Waals surface area (Å²) in [5, 5.41) is 9.36. The molecule has 0 atom stereocenters. The van der Waals surface area contributed by atoms with Crippen LogP contribution in [0.15, 0.2) is 0 Å². The molecule has 0 aromatic carbocycles. The van der Waals surface area contributed by atoms with Crippen molar-refractivity contribution in [2.75, 3.05) is 18.9 Å². The highest BCUT2D eigenvalue weighted by molar-refractivity contribution is 7.89. The van der Waals surface area contributed by atoms with E-state index in [4.69, 9.17) is 0 Å². The minimum absolute atomic E-state index is 0.118. The molecule has 0 amide bonds. The van der Waals surface area contributed by atoms with Gasteiger partial charge in [0.25, 0.3) is 0 Å². The molecule has 122 valence electrons. The number of carbonyl (C=O) groups excluding carboxylic acids is 1. The lowest BCUT2D eigenvalue weighted by Gasteiger charge is -2.33. The Hall–Kier alpha value is -1.15. The van der Waals surface area contributed by atoms with Crippen LogP contribution in [0.2, 0.25) is 0 Å². The Kier molecular flexibility index (Phi) is 6.60. The van der Waals surface area contributed by atoms with Crippen LogP contribution in [0.1, 0.15) is 45.4 Å². The number of carbonyl (C=O) groups is 2. The van der Waals surface area contributed by atoms with Crippen molar-refractivity contribution in [1.29, 1.82) is 0 Å². The Bertz CT molecular complexity index is 467. The fourth-order valence-corrected chi connectivity index (χ4v) is 3.54. The van der Waals surface area contributed by atoms with Gasteiger partial charge in [0.05, 0.1) is 24.2 Å². The summed E-state index contributed by atoms with van der Waals surface area (Å²) >= 11 is 0. The number of carboxylic acid groups (broad SMARTS) is 1. The van der Waals surface area contributed by atoms with E-state index in [-0.39, 0.29) is 25.3 Å². The SMILES string of the molecule is CCOC(=O)CCS(=O)(=O)NCC1(C(=O)O)CCCCC1. The Morgan fingerprint density at radius 3 is 2.38 bits per heavy atom. The largest absolute Gasteiger partial charge is 0.481 e. The normalized spacial score (nSPS) is 18.1. The average molecular weight is 321 g/mol. The molecule has 1 rings (SSSR count). The quantitative estimate of drug-likeness (QED) is 0.643. The smallest absolute Gasteiger partial charge is 0.310 e. The summed E-state index contributed by atoms with van der Waals surface area (Å²) < 4.78 is 30.7. The molecule has 0 aromatic heterocycles. The van der Waals surface area contributed by atoms with Crippen LogP contribution in [0.25, 0.3) is 0 Å². The van der Waals surface area contributed by atoms with Crippen LogP contribution in [0.5, 0.6) is 0 Å². The van der Waals surface area contributed by atoms with Gasteiger partial charge < -0.3 is 9.84 Å². The van der Waals surface area contributed by atoms with E-state index in [0.717, 1.165) is 19.3 Å². The summed E-state index contributed by atoms with van der Waals surface area (Å²) in [5.41, 5.74) is -1.02. The predicted molar refractivity (Wildman–Crippen MR) is 76.2 cm³/mol. The zero-order valence-electron chi connectivity index (χ0n) is 12.3. The summed E-state index contributed by atoms with van der Waals surface area (Å²) in [6.45, 7) is 1.73. The lowest BCUT2D eigenvalue weighted by Crippen LogP contribution is -2.45. The van der Waals surface area contributed by atoms with Gasteiger partial charge in [-0.25, -0.2) is 13.1 Å². The molecular weight excluding hydrogens is 298 g/mol. The second-order valence-electron chi connectivity index (χ2n) is 5.34. The number of carboxylic acids is 1. The monoisotopic (exact) mass is 321 g/mol. The summed E-state index contributed by atoms with van der Waals surface area (Å²) in [4.78, 5) is 22.6. The molecule has 0 unspecified atom stereocenters. The van der Waals surface area contributed by atoms with E-state index < -0.39 is 27.4 Å². The Balaban J connectivity index is 2.54. The summed E-state index contributed by atoms with van der Waals surface area (Å²) in [6.07, 6.45) is 3.27. The Labute approximate surface area is 125 Å². The number of nitrogens with one attached hydrogen (secondary N) is 1. The maximum absolute atomic E-state index is 11.8. The first-order valence-corrected chi connectivity index (χ1v) is 8.83. The molecule has 0 aromatic rings. The van der Waals surface area contributed by atoms with E-state index in [1.807, 2.05) is 0 Å². The molecule has 8 heteroatoms. The third-order valence-electron chi connectivity index (χ3n) is 3.78. The van der Waals surface area contributed by atoms with Crippen LogP contribution in [0.4, 0.5) is 0 Å². The third kappa shape index (κ3) is 5.62. The highest BCUT2D eigenvalue weighted by Gasteiger charge is 2.40. The van der Waals surface area contributed by atoms with Crippen LogP contribution in [0, 0.1) is 5.41 Å². The van der Waals surface area contributed by atoms with E-state index >= 15 is 0 Å². The van der Waals surface area contributed by atoms with Gasteiger partial charge in [0.2, 0.25) is 10.0 Å². The molecular formula is C13H23NO6S. The summed E-state index contributed by atoms with van der Waals surface area (Å²) in [7, 11) is -3.68. The minimum atomic E-state index is -3.68. The number of ether oxygens (including phenoxy) is 1. The van der Waals surface area contributed by atoms with Gasteiger partial charge in [-0.3, -0.25) is 9.59 Å². The van der Waals surface area contributed by atoms with Crippen molar-refractivity contribution in [3.63, 3.8) is 0 Å². The van der Waals surface area contributed by atoms with E-state index in [2.05, 4.69) is 9.46 Å². The molecule has 1 fully saturated rings. The maximum Gasteiger partial charge on any atom is 0.310 e. The number of hydrogen-bond acceptors (Lipinski definition) is 5. The molecule has 21 heavy (non-hydrogen) atoms. The number of sulfonamides is 1. The van der Waals surface area contributed by atoms with Crippen molar-refractivity contribution < 1.29 is 27.9 Å². The van der Waals surface area contributed by atoms with Gasteiger partial charge in [-0.2, -0.15) is 0 Å². The number of hydrogen-bond donors (Lipinski definition) is 2. The Morgan fingerprint density at radius 1 is 1.24 bits per heavy atom. The van der Waals surface area contributed by atoms with Crippen molar-refractivity contribution in [1.82, 2.24) is 4.72 Å². The molecule has 1 aliphatic rings. The zero-order valence-corrected chi connectivity index (χ0v) is 13.1. The van der Waals surface area contributed by atoms with Crippen molar-refractivity contribution in [2.45, 2.75) is 45.4 Å². The van der Waals surface area contributed by atoms with Crippen LogP contribution < -0.4 is 4.72 Å². The lowest BCUT2D eigenvalue weighted by atomic mass is 9.74. The molecule has 2 N–H and O–H groups in total. The molecule has 1 aliphatic carbocycles. The Morgan fingerprint density at radius 2 is 1.86 bits per heavy atom. The summed E-state index contributed by atoms with van der Waals surface area (Å²) in [6, 6.07) is 0. The number of esters is 1. The van der Waals surface area contributed by atoms with Gasteiger partial charge in [0.15, 0.2) is 0 Å². The fourth-order valence-electron chi connectivity index (χ4n) is 2.47. The topological polar surface area (TPSA) is 110 Å². The second-order valence-corrected chi connectivity index (χ2v) is 7.27. The molecule has 0 radical (unpaired) electrons. The minimum Gasteiger partial charge on any atom is -0.481 e. The van der Waals surface area contributed by atoms with E-state index in [0.29, 0.717) is 12.8 Å². The first-order chi connectivity index (χ1) is 9.81. The fraction of sp³-hybridized carbons (Fsp3) is 0.846. The molecule has 1 saturated carbocycles. The van der Waals surface area contributed by atoms with Crippen LogP contribution >= 0.6 is 0 Å². The molecule has 0 bridgehead atoms. The molecule has 7 nitrogen and oxygen atoms in total. The molecule has 0 spiro atoms. The van der Waals surface area contributed by atoms with Gasteiger partial charge in [0, 0.05) is 6.54 Å². The van der Waals surface area contributed by atoms with Crippen molar-refractivity contribution in [3.05, 3.63) is 0 Å². The highest BCUT2D eigenvalue weighted by atomic mass is 32.2. The standard InChI is InChI=1S/C13H23NO6S/c1-2-20-11(15)6-9-21(18,19)14-10-13(12(16)17)7-4-3-5-8-13/h14H,2-10H2,1H3,(H,16,17). The summed E-state index contributed by atoms with van der Waals surface area (Å²) in [5.74, 6) is -1.93. The van der Waals surface area contributed by atoms with Crippen LogP contribution in [-0.4, -0.2) is 44.4 Å². The van der Waals surface area contributed by atoms with E-state index in [1.54, 1.807) is 6.92 Å². The van der Waals surface area contributed by atoms with E-state index in [1.165, 1.54) is 0 Å². The highest BCUT2D eigenvalue weighted by Crippen LogP contribution is 2.36. The molecule has 0 heterocycles. The number of aliphatic carboxylic acids is 1. The van der Waals surface area contributed by atoms with Crippen LogP contribution in [-0.2, 0) is 24.3 Å². The predicted octanol–water partition coefficient (Wildman–Crippen LogP) is 0.894. The number of rotatable bonds is 8. The van der Waals surface area contributed by atoms with Gasteiger partial charge in [-0.1, -0.05) is 19.3 Å².